The van der Waals surface area contributed by atoms with Gasteiger partial charge in [-0.25, -0.2) is 0 Å². The quantitative estimate of drug-likeness (QED) is 0.330. The van der Waals surface area contributed by atoms with Gasteiger partial charge in [0.05, 0.1) is 44.8 Å². The molecule has 2 atom stereocenters. The summed E-state index contributed by atoms with van der Waals surface area (Å²) in [5, 5.41) is -2.28. The van der Waals surface area contributed by atoms with E-state index in [1.807, 2.05) is 0 Å². The summed E-state index contributed by atoms with van der Waals surface area (Å²) in [5.41, 5.74) is 0. The minimum atomic E-state index is -3.80. The standard InChI is InChI=1S/C15H32O9P2/c1-14(2)13-15(3,24-25(14,16)21-10-7-18-4)26(17,22-11-8-19-5)23-12-9-20-6/h7-13H2,1-6H3. The van der Waals surface area contributed by atoms with E-state index in [0.717, 1.165) is 0 Å². The van der Waals surface area contributed by atoms with Crippen molar-refractivity contribution in [2.45, 2.75) is 37.7 Å². The molecule has 1 heterocycles. The Morgan fingerprint density at radius 1 is 0.885 bits per heavy atom. The van der Waals surface area contributed by atoms with Gasteiger partial charge in [-0.15, -0.1) is 0 Å². The predicted octanol–water partition coefficient (Wildman–Crippen LogP) is 3.28. The average molecular weight is 418 g/mol. The topological polar surface area (TPSA) is 98.8 Å². The lowest BCUT2D eigenvalue weighted by molar-refractivity contribution is 0.0632. The third kappa shape index (κ3) is 5.60. The molecule has 1 aliphatic rings. The molecule has 11 heteroatoms. The van der Waals surface area contributed by atoms with Gasteiger partial charge in [-0.2, -0.15) is 0 Å². The second-order valence-corrected chi connectivity index (χ2v) is 11.8. The van der Waals surface area contributed by atoms with Gasteiger partial charge in [-0.1, -0.05) is 0 Å². The zero-order valence-corrected chi connectivity index (χ0v) is 18.3. The highest BCUT2D eigenvalue weighted by molar-refractivity contribution is 7.60. The molecule has 9 nitrogen and oxygen atoms in total. The molecule has 0 N–H and O–H groups in total. The summed E-state index contributed by atoms with van der Waals surface area (Å²) in [5.74, 6) is 0. The average Bonchev–Trinajstić information content (AvgIpc) is 2.74. The van der Waals surface area contributed by atoms with E-state index < -0.39 is 25.7 Å². The van der Waals surface area contributed by atoms with E-state index in [1.54, 1.807) is 20.8 Å². The third-order valence-corrected chi connectivity index (χ3v) is 9.45. The lowest BCUT2D eigenvalue weighted by atomic mass is 10.1. The van der Waals surface area contributed by atoms with Gasteiger partial charge >= 0.3 is 15.2 Å². The Morgan fingerprint density at radius 3 is 1.81 bits per heavy atom. The zero-order valence-electron chi connectivity index (χ0n) is 16.5. The van der Waals surface area contributed by atoms with Crippen molar-refractivity contribution < 1.29 is 41.4 Å². The summed E-state index contributed by atoms with van der Waals surface area (Å²) in [7, 11) is -2.84. The molecule has 2 unspecified atom stereocenters. The Kier molecular flexibility index (Phi) is 9.41. The Bertz CT molecular complexity index is 511. The minimum Gasteiger partial charge on any atom is -0.382 e. The molecule has 0 spiro atoms. The van der Waals surface area contributed by atoms with Gasteiger partial charge in [0.15, 0.2) is 5.34 Å². The number of hydrogen-bond donors (Lipinski definition) is 0. The van der Waals surface area contributed by atoms with Crippen LogP contribution in [-0.4, -0.2) is 71.5 Å². The Balaban J connectivity index is 3.03. The van der Waals surface area contributed by atoms with Gasteiger partial charge in [0.1, 0.15) is 0 Å². The van der Waals surface area contributed by atoms with Crippen LogP contribution in [0.3, 0.4) is 0 Å². The number of hydrogen-bond acceptors (Lipinski definition) is 9. The fourth-order valence-corrected chi connectivity index (χ4v) is 7.42. The van der Waals surface area contributed by atoms with Crippen LogP contribution in [-0.2, 0) is 41.4 Å². The van der Waals surface area contributed by atoms with E-state index in [9.17, 15) is 9.13 Å². The van der Waals surface area contributed by atoms with Crippen molar-refractivity contribution in [3.8, 4) is 0 Å². The second kappa shape index (κ2) is 10.1. The van der Waals surface area contributed by atoms with Gasteiger partial charge < -0.3 is 27.8 Å². The molecule has 1 saturated heterocycles. The number of ether oxygens (including phenoxy) is 3. The second-order valence-electron chi connectivity index (χ2n) is 6.73. The highest BCUT2D eigenvalue weighted by Crippen LogP contribution is 2.78. The molecule has 156 valence electrons. The highest BCUT2D eigenvalue weighted by atomic mass is 31.2. The largest absolute Gasteiger partial charge is 0.382 e. The normalized spacial score (nSPS) is 28.5. The van der Waals surface area contributed by atoms with Crippen molar-refractivity contribution in [2.24, 2.45) is 0 Å². The van der Waals surface area contributed by atoms with Crippen LogP contribution in [0.4, 0.5) is 0 Å². The lowest BCUT2D eigenvalue weighted by Gasteiger charge is -2.32. The van der Waals surface area contributed by atoms with E-state index in [2.05, 4.69) is 0 Å². The van der Waals surface area contributed by atoms with Crippen LogP contribution in [0, 0.1) is 0 Å². The van der Waals surface area contributed by atoms with Gasteiger partial charge in [-0.05, 0) is 20.8 Å². The van der Waals surface area contributed by atoms with E-state index in [4.69, 9.17) is 32.3 Å². The molecule has 0 aromatic rings. The van der Waals surface area contributed by atoms with Crippen LogP contribution >= 0.6 is 15.2 Å². The predicted molar refractivity (Wildman–Crippen MR) is 96.9 cm³/mol. The molecule has 0 amide bonds. The van der Waals surface area contributed by atoms with E-state index >= 15 is 0 Å². The van der Waals surface area contributed by atoms with E-state index in [1.165, 1.54) is 21.3 Å². The molecule has 0 aromatic carbocycles. The molecule has 0 radical (unpaired) electrons. The first-order valence-electron chi connectivity index (χ1n) is 8.41. The molecule has 26 heavy (non-hydrogen) atoms. The summed E-state index contributed by atoms with van der Waals surface area (Å²) < 4.78 is 64.0. The smallest absolute Gasteiger partial charge is 0.362 e. The van der Waals surface area contributed by atoms with Crippen molar-refractivity contribution in [3.05, 3.63) is 0 Å². The van der Waals surface area contributed by atoms with Crippen LogP contribution in [0.15, 0.2) is 0 Å². The molecule has 0 aromatic heterocycles. The summed E-state index contributed by atoms with van der Waals surface area (Å²) >= 11 is 0. The molecule has 0 aliphatic carbocycles. The summed E-state index contributed by atoms with van der Waals surface area (Å²) in [4.78, 5) is 0. The van der Waals surface area contributed by atoms with Gasteiger partial charge in [0.2, 0.25) is 0 Å². The van der Waals surface area contributed by atoms with Gasteiger partial charge in [0, 0.05) is 27.8 Å². The van der Waals surface area contributed by atoms with Crippen molar-refractivity contribution in [3.63, 3.8) is 0 Å². The van der Waals surface area contributed by atoms with E-state index in [0.29, 0.717) is 0 Å². The Morgan fingerprint density at radius 2 is 1.35 bits per heavy atom. The first kappa shape index (κ1) is 24.2. The maximum atomic E-state index is 13.5. The lowest BCUT2D eigenvalue weighted by Crippen LogP contribution is -2.29. The molecular weight excluding hydrogens is 386 g/mol. The van der Waals surface area contributed by atoms with Crippen molar-refractivity contribution in [1.29, 1.82) is 0 Å². The van der Waals surface area contributed by atoms with Crippen LogP contribution < -0.4 is 0 Å². The molecule has 1 aliphatic heterocycles. The van der Waals surface area contributed by atoms with Crippen LogP contribution in [0.2, 0.25) is 0 Å². The minimum absolute atomic E-state index is 0.0506. The molecule has 0 saturated carbocycles. The molecule has 1 rings (SSSR count). The molecule has 0 bridgehead atoms. The van der Waals surface area contributed by atoms with Crippen molar-refractivity contribution >= 4 is 15.2 Å². The fraction of sp³-hybridized carbons (Fsp3) is 1.00. The van der Waals surface area contributed by atoms with Crippen LogP contribution in [0.25, 0.3) is 0 Å². The van der Waals surface area contributed by atoms with E-state index in [-0.39, 0.29) is 46.1 Å². The van der Waals surface area contributed by atoms with Crippen LogP contribution in [0.5, 0.6) is 0 Å². The number of rotatable bonds is 13. The maximum Gasteiger partial charge on any atom is 0.362 e. The first-order valence-corrected chi connectivity index (χ1v) is 11.5. The summed E-state index contributed by atoms with van der Waals surface area (Å²) in [6, 6.07) is 0. The first-order chi connectivity index (χ1) is 12.1. The summed E-state index contributed by atoms with van der Waals surface area (Å²) in [6.07, 6.45) is 0.182. The Labute approximate surface area is 156 Å². The zero-order chi connectivity index (χ0) is 19.9. The van der Waals surface area contributed by atoms with Crippen molar-refractivity contribution in [1.82, 2.24) is 0 Å². The van der Waals surface area contributed by atoms with Crippen LogP contribution in [0.1, 0.15) is 27.2 Å². The van der Waals surface area contributed by atoms with Crippen molar-refractivity contribution in [2.75, 3.05) is 61.0 Å². The Hall–Kier alpha value is 0.180. The maximum absolute atomic E-state index is 13.5. The third-order valence-electron chi connectivity index (χ3n) is 4.04. The highest BCUT2D eigenvalue weighted by Gasteiger charge is 2.66. The SMILES string of the molecule is COCCOP1(=O)OC(C)(P(=O)(OCCOC)OCCOC)CC1(C)C. The van der Waals surface area contributed by atoms with Gasteiger partial charge in [0.25, 0.3) is 0 Å². The monoisotopic (exact) mass is 418 g/mol. The molecular formula is C15H32O9P2. The molecule has 1 fully saturated rings. The summed E-state index contributed by atoms with van der Waals surface area (Å²) in [6.45, 7) is 6.02. The van der Waals surface area contributed by atoms with Gasteiger partial charge in [-0.3, -0.25) is 13.7 Å². The number of methoxy groups -OCH3 is 3. The fourth-order valence-electron chi connectivity index (χ4n) is 2.69.